The molecule has 0 radical (unpaired) electrons. The van der Waals surface area contributed by atoms with Crippen molar-refractivity contribution in [2.24, 2.45) is 0 Å². The van der Waals surface area contributed by atoms with E-state index in [0.717, 1.165) is 16.1 Å². The predicted molar refractivity (Wildman–Crippen MR) is 89.1 cm³/mol. The highest BCUT2D eigenvalue weighted by atomic mass is 35.5. The zero-order valence-corrected chi connectivity index (χ0v) is 13.6. The standard InChI is InChI=1S/C18H19ClO5/c19-14-4-2-1-3-12(14)9-11-5-7-13(8-6-11)24-18-17(22)16(21)15(20)10-23-18/h1-8,15-18,20-22H,9-10H2/t15-,16+,17-,18+/m1/s1. The molecule has 0 bridgehead atoms. The lowest BCUT2D eigenvalue weighted by atomic mass is 10.0. The van der Waals surface area contributed by atoms with Gasteiger partial charge in [-0.05, 0) is 35.7 Å². The van der Waals surface area contributed by atoms with E-state index in [1.165, 1.54) is 0 Å². The third kappa shape index (κ3) is 3.88. The summed E-state index contributed by atoms with van der Waals surface area (Å²) >= 11 is 6.16. The maximum atomic E-state index is 9.87. The number of hydrogen-bond acceptors (Lipinski definition) is 5. The van der Waals surface area contributed by atoms with Crippen molar-refractivity contribution in [1.82, 2.24) is 0 Å². The second kappa shape index (κ2) is 7.51. The highest BCUT2D eigenvalue weighted by Gasteiger charge is 2.38. The molecule has 0 amide bonds. The van der Waals surface area contributed by atoms with Crippen molar-refractivity contribution in [2.75, 3.05) is 6.61 Å². The Hall–Kier alpha value is -1.63. The van der Waals surface area contributed by atoms with Crippen LogP contribution in [0, 0.1) is 0 Å². The van der Waals surface area contributed by atoms with Crippen LogP contribution in [0.15, 0.2) is 48.5 Å². The molecule has 2 aromatic rings. The van der Waals surface area contributed by atoms with E-state index >= 15 is 0 Å². The van der Waals surface area contributed by atoms with Gasteiger partial charge in [-0.3, -0.25) is 0 Å². The topological polar surface area (TPSA) is 79.2 Å². The van der Waals surface area contributed by atoms with Crippen molar-refractivity contribution in [3.63, 3.8) is 0 Å². The van der Waals surface area contributed by atoms with Gasteiger partial charge in [-0.15, -0.1) is 0 Å². The zero-order chi connectivity index (χ0) is 17.1. The van der Waals surface area contributed by atoms with Crippen LogP contribution in [0.3, 0.4) is 0 Å². The first-order valence-corrected chi connectivity index (χ1v) is 8.07. The van der Waals surface area contributed by atoms with Gasteiger partial charge in [-0.1, -0.05) is 41.9 Å². The van der Waals surface area contributed by atoms with Crippen LogP contribution in [-0.4, -0.2) is 46.5 Å². The van der Waals surface area contributed by atoms with Crippen LogP contribution in [0.2, 0.25) is 5.02 Å². The maximum absolute atomic E-state index is 9.87. The fourth-order valence-electron chi connectivity index (χ4n) is 2.56. The molecule has 6 heteroatoms. The van der Waals surface area contributed by atoms with E-state index in [2.05, 4.69) is 0 Å². The Kier molecular flexibility index (Phi) is 5.38. The monoisotopic (exact) mass is 350 g/mol. The number of hydrogen-bond donors (Lipinski definition) is 3. The van der Waals surface area contributed by atoms with Crippen molar-refractivity contribution in [3.8, 4) is 5.75 Å². The second-order valence-electron chi connectivity index (χ2n) is 5.78. The first kappa shape index (κ1) is 17.2. The Labute approximate surface area is 145 Å². The van der Waals surface area contributed by atoms with Gasteiger partial charge in [0.25, 0.3) is 0 Å². The molecular formula is C18H19ClO5. The number of halogens is 1. The molecule has 1 aliphatic rings. The van der Waals surface area contributed by atoms with Gasteiger partial charge in [-0.2, -0.15) is 0 Å². The van der Waals surface area contributed by atoms with Crippen LogP contribution < -0.4 is 4.74 Å². The number of rotatable bonds is 4. The number of aliphatic hydroxyl groups excluding tert-OH is 3. The molecule has 0 aromatic heterocycles. The highest BCUT2D eigenvalue weighted by Crippen LogP contribution is 2.23. The van der Waals surface area contributed by atoms with Crippen LogP contribution in [0.4, 0.5) is 0 Å². The minimum Gasteiger partial charge on any atom is -0.462 e. The lowest BCUT2D eigenvalue weighted by Crippen LogP contribution is -2.54. The van der Waals surface area contributed by atoms with Gasteiger partial charge in [0.05, 0.1) is 6.61 Å². The quantitative estimate of drug-likeness (QED) is 0.783. The molecule has 1 aliphatic heterocycles. The smallest absolute Gasteiger partial charge is 0.228 e. The fraction of sp³-hybridized carbons (Fsp3) is 0.333. The predicted octanol–water partition coefficient (Wildman–Crippen LogP) is 1.75. The van der Waals surface area contributed by atoms with E-state index in [9.17, 15) is 15.3 Å². The third-order valence-electron chi connectivity index (χ3n) is 3.98. The first-order valence-electron chi connectivity index (χ1n) is 7.69. The van der Waals surface area contributed by atoms with Crippen molar-refractivity contribution < 1.29 is 24.8 Å². The van der Waals surface area contributed by atoms with Crippen LogP contribution in [0.5, 0.6) is 5.75 Å². The molecular weight excluding hydrogens is 332 g/mol. The molecule has 1 heterocycles. The van der Waals surface area contributed by atoms with Crippen molar-refractivity contribution in [2.45, 2.75) is 31.0 Å². The van der Waals surface area contributed by atoms with E-state index in [1.807, 2.05) is 36.4 Å². The molecule has 1 saturated heterocycles. The van der Waals surface area contributed by atoms with E-state index in [0.29, 0.717) is 12.2 Å². The Morgan fingerprint density at radius 1 is 1.00 bits per heavy atom. The summed E-state index contributed by atoms with van der Waals surface area (Å²) in [7, 11) is 0. The average Bonchev–Trinajstić information content (AvgIpc) is 2.59. The lowest BCUT2D eigenvalue weighted by Gasteiger charge is -2.34. The number of aliphatic hydroxyl groups is 3. The second-order valence-corrected chi connectivity index (χ2v) is 6.19. The van der Waals surface area contributed by atoms with Gasteiger partial charge in [-0.25, -0.2) is 0 Å². The summed E-state index contributed by atoms with van der Waals surface area (Å²) in [6, 6.07) is 15.0. The lowest BCUT2D eigenvalue weighted by molar-refractivity contribution is -0.242. The van der Waals surface area contributed by atoms with E-state index in [-0.39, 0.29) is 6.61 Å². The largest absolute Gasteiger partial charge is 0.462 e. The Morgan fingerprint density at radius 3 is 2.42 bits per heavy atom. The molecule has 0 aliphatic carbocycles. The molecule has 3 rings (SSSR count). The summed E-state index contributed by atoms with van der Waals surface area (Å²) in [4.78, 5) is 0. The molecule has 128 valence electrons. The third-order valence-corrected chi connectivity index (χ3v) is 4.35. The Balaban J connectivity index is 1.64. The molecule has 1 fully saturated rings. The minimum atomic E-state index is -1.31. The number of benzene rings is 2. The summed E-state index contributed by atoms with van der Waals surface area (Å²) in [6.45, 7) is -0.0898. The highest BCUT2D eigenvalue weighted by molar-refractivity contribution is 6.31. The maximum Gasteiger partial charge on any atom is 0.228 e. The molecule has 0 unspecified atom stereocenters. The van der Waals surface area contributed by atoms with E-state index < -0.39 is 24.6 Å². The molecule has 4 atom stereocenters. The van der Waals surface area contributed by atoms with Crippen molar-refractivity contribution in [1.29, 1.82) is 0 Å². The van der Waals surface area contributed by atoms with Crippen LogP contribution in [0.1, 0.15) is 11.1 Å². The summed E-state index contributed by atoms with van der Waals surface area (Å²) in [5, 5.41) is 29.7. The van der Waals surface area contributed by atoms with Crippen molar-refractivity contribution >= 4 is 11.6 Å². The molecule has 24 heavy (non-hydrogen) atoms. The van der Waals surface area contributed by atoms with E-state index in [4.69, 9.17) is 21.1 Å². The molecule has 2 aromatic carbocycles. The van der Waals surface area contributed by atoms with Gasteiger partial charge in [0.15, 0.2) is 0 Å². The molecule has 5 nitrogen and oxygen atoms in total. The van der Waals surface area contributed by atoms with Crippen molar-refractivity contribution in [3.05, 3.63) is 64.7 Å². The Bertz CT molecular complexity index is 675. The summed E-state index contributed by atoms with van der Waals surface area (Å²) < 4.78 is 10.8. The number of ether oxygens (including phenoxy) is 2. The van der Waals surface area contributed by atoms with E-state index in [1.54, 1.807) is 12.1 Å². The Morgan fingerprint density at radius 2 is 1.71 bits per heavy atom. The molecule has 3 N–H and O–H groups in total. The fourth-order valence-corrected chi connectivity index (χ4v) is 2.77. The molecule has 0 spiro atoms. The summed E-state index contributed by atoms with van der Waals surface area (Å²) in [5.41, 5.74) is 2.10. The summed E-state index contributed by atoms with van der Waals surface area (Å²) in [6.07, 6.45) is -4.02. The first-order chi connectivity index (χ1) is 11.5. The SMILES string of the molecule is O[C@@H]1[C@@H](O)[C@H](Oc2ccc(Cc3ccccc3Cl)cc2)OC[C@H]1O. The summed E-state index contributed by atoms with van der Waals surface area (Å²) in [5.74, 6) is 0.505. The molecule has 0 saturated carbocycles. The van der Waals surface area contributed by atoms with Gasteiger partial charge in [0.2, 0.25) is 6.29 Å². The average molecular weight is 351 g/mol. The van der Waals surface area contributed by atoms with Gasteiger partial charge < -0.3 is 24.8 Å². The van der Waals surface area contributed by atoms with Crippen LogP contribution >= 0.6 is 11.6 Å². The van der Waals surface area contributed by atoms with Crippen LogP contribution in [-0.2, 0) is 11.2 Å². The minimum absolute atomic E-state index is 0.0898. The van der Waals surface area contributed by atoms with Gasteiger partial charge in [0, 0.05) is 5.02 Å². The van der Waals surface area contributed by atoms with Crippen LogP contribution in [0.25, 0.3) is 0 Å². The zero-order valence-electron chi connectivity index (χ0n) is 12.9. The van der Waals surface area contributed by atoms with Gasteiger partial charge >= 0.3 is 0 Å². The normalized spacial score (nSPS) is 27.0. The van der Waals surface area contributed by atoms with Gasteiger partial charge in [0.1, 0.15) is 24.1 Å².